The predicted molar refractivity (Wildman–Crippen MR) is 167 cm³/mol. The number of hydrogen-bond acceptors (Lipinski definition) is 4. The fraction of sp³-hybridized carbons (Fsp3) is 0.886. The van der Waals surface area contributed by atoms with E-state index in [-0.39, 0.29) is 58.1 Å². The Morgan fingerprint density at radius 3 is 2.17 bits per heavy atom. The molecule has 5 nitrogen and oxygen atoms in total. The summed E-state index contributed by atoms with van der Waals surface area (Å²) in [5.74, 6) is 1.59. The molecule has 5 aliphatic carbocycles. The van der Waals surface area contributed by atoms with Crippen LogP contribution in [0.2, 0.25) is 0 Å². The SMILES string of the molecule is C=C(C)[C@@H]1CC[C@]2(N)CC[C@]3(C)[C@H](CC[C@@H]4[C@@]5(C)CC[C@H](OC(=O)CC(C)(C)C(=O)O)C(C)(C)[C@@H]5CC[C@]43C)[C@@H]12.Cl. The van der Waals surface area contributed by atoms with Gasteiger partial charge in [-0.1, -0.05) is 46.8 Å². The normalized spacial score (nSPS) is 46.6. The molecule has 0 amide bonds. The number of allylic oxidation sites excluding steroid dienone is 1. The number of ether oxygens (including phenoxy) is 1. The highest BCUT2D eigenvalue weighted by Gasteiger charge is 2.70. The highest BCUT2D eigenvalue weighted by atomic mass is 35.5. The van der Waals surface area contributed by atoms with Crippen molar-refractivity contribution >= 4 is 24.3 Å². The minimum absolute atomic E-state index is 0. The molecule has 6 heteroatoms. The van der Waals surface area contributed by atoms with Crippen molar-refractivity contribution in [3.63, 3.8) is 0 Å². The number of nitrogens with two attached hydrogens (primary N) is 1. The molecule has 0 spiro atoms. The lowest BCUT2D eigenvalue weighted by molar-refractivity contribution is -0.245. The van der Waals surface area contributed by atoms with Gasteiger partial charge >= 0.3 is 11.9 Å². The molecule has 5 saturated carbocycles. The number of carbonyl (C=O) groups is 2. The second-order valence-corrected chi connectivity index (χ2v) is 17.1. The highest BCUT2D eigenvalue weighted by Crippen LogP contribution is 2.76. The van der Waals surface area contributed by atoms with E-state index in [4.69, 9.17) is 10.5 Å². The molecule has 3 N–H and O–H groups in total. The van der Waals surface area contributed by atoms with Crippen molar-refractivity contribution in [3.05, 3.63) is 12.2 Å². The third kappa shape index (κ3) is 4.64. The summed E-state index contributed by atoms with van der Waals surface area (Å²) in [6, 6.07) is 0. The Hall–Kier alpha value is -1.07. The van der Waals surface area contributed by atoms with Gasteiger partial charge < -0.3 is 15.6 Å². The van der Waals surface area contributed by atoms with Gasteiger partial charge in [-0.15, -0.1) is 12.4 Å². The Bertz CT molecular complexity index is 1090. The molecule has 0 aliphatic heterocycles. The van der Waals surface area contributed by atoms with E-state index in [1.807, 2.05) is 0 Å². The Morgan fingerprint density at radius 2 is 1.56 bits per heavy atom. The second kappa shape index (κ2) is 10.2. The molecule has 0 heterocycles. The quantitative estimate of drug-likeness (QED) is 0.248. The highest BCUT2D eigenvalue weighted by molar-refractivity contribution is 5.85. The molecule has 5 aliphatic rings. The Kier molecular flexibility index (Phi) is 8.21. The number of carboxylic acid groups (broad SMARTS) is 1. The number of halogens is 1. The van der Waals surface area contributed by atoms with Crippen molar-refractivity contribution in [2.24, 2.45) is 62.4 Å². The van der Waals surface area contributed by atoms with Crippen molar-refractivity contribution < 1.29 is 19.4 Å². The summed E-state index contributed by atoms with van der Waals surface area (Å²) < 4.78 is 6.12. The van der Waals surface area contributed by atoms with Crippen molar-refractivity contribution in [2.45, 2.75) is 138 Å². The van der Waals surface area contributed by atoms with Crippen LogP contribution in [-0.2, 0) is 14.3 Å². The largest absolute Gasteiger partial charge is 0.481 e. The van der Waals surface area contributed by atoms with Crippen LogP contribution in [0.1, 0.15) is 126 Å². The smallest absolute Gasteiger partial charge is 0.309 e. The van der Waals surface area contributed by atoms with Gasteiger partial charge in [-0.05, 0) is 131 Å². The number of aliphatic carboxylic acids is 1. The van der Waals surface area contributed by atoms with Crippen LogP contribution < -0.4 is 5.73 Å². The van der Waals surface area contributed by atoms with E-state index in [1.165, 1.54) is 37.7 Å². The molecule has 234 valence electrons. The fourth-order valence-electron chi connectivity index (χ4n) is 12.0. The number of fused-ring (bicyclic) bond motifs is 7. The molecule has 0 radical (unpaired) electrons. The lowest BCUT2D eigenvalue weighted by Gasteiger charge is -2.72. The standard InChI is InChI=1S/C35H57NO4.ClH/c1-21(2)22-12-17-35(36)19-18-33(8)23(28(22)35)10-11-25-32(7)15-14-26(40-27(37)20-30(3,4)29(38)39)31(5,6)24(32)13-16-34(25,33)9;/h22-26,28H,1,10-20,36H2,2-9H3,(H,38,39);1H/t22-,23+,24-,25+,26-,28+,32-,33+,34+,35-;/m0./s1. The topological polar surface area (TPSA) is 89.6 Å². The van der Waals surface area contributed by atoms with Crippen LogP contribution in [0.4, 0.5) is 0 Å². The van der Waals surface area contributed by atoms with E-state index in [1.54, 1.807) is 13.8 Å². The van der Waals surface area contributed by atoms with Gasteiger partial charge in [0, 0.05) is 11.0 Å². The molecule has 10 atom stereocenters. The van der Waals surface area contributed by atoms with Crippen LogP contribution >= 0.6 is 12.4 Å². The van der Waals surface area contributed by atoms with Gasteiger partial charge in [-0.3, -0.25) is 9.59 Å². The average molecular weight is 592 g/mol. The van der Waals surface area contributed by atoms with E-state index >= 15 is 0 Å². The van der Waals surface area contributed by atoms with Gasteiger partial charge in [0.05, 0.1) is 11.8 Å². The van der Waals surface area contributed by atoms with Crippen molar-refractivity contribution in [3.8, 4) is 0 Å². The number of hydrogen-bond donors (Lipinski definition) is 2. The second-order valence-electron chi connectivity index (χ2n) is 17.1. The summed E-state index contributed by atoms with van der Waals surface area (Å²) in [5, 5.41) is 9.51. The van der Waals surface area contributed by atoms with Gasteiger partial charge in [0.15, 0.2) is 0 Å². The van der Waals surface area contributed by atoms with Gasteiger partial charge in [0.2, 0.25) is 0 Å². The zero-order valence-corrected chi connectivity index (χ0v) is 27.9. The van der Waals surface area contributed by atoms with Crippen LogP contribution in [0.15, 0.2) is 12.2 Å². The van der Waals surface area contributed by atoms with Crippen molar-refractivity contribution in [1.82, 2.24) is 0 Å². The molecule has 0 saturated heterocycles. The maximum atomic E-state index is 12.9. The summed E-state index contributed by atoms with van der Waals surface area (Å²) in [4.78, 5) is 24.5. The third-order valence-corrected chi connectivity index (χ3v) is 14.5. The maximum absolute atomic E-state index is 12.9. The van der Waals surface area contributed by atoms with Gasteiger partial charge in [0.25, 0.3) is 0 Å². The summed E-state index contributed by atoms with van der Waals surface area (Å²) in [6.45, 7) is 22.3. The summed E-state index contributed by atoms with van der Waals surface area (Å²) in [5.41, 5.74) is 8.05. The van der Waals surface area contributed by atoms with E-state index < -0.39 is 11.4 Å². The van der Waals surface area contributed by atoms with Crippen LogP contribution in [0.3, 0.4) is 0 Å². The zero-order chi connectivity index (χ0) is 29.7. The summed E-state index contributed by atoms with van der Waals surface area (Å²) in [6.07, 6.45) is 11.4. The molecular weight excluding hydrogens is 534 g/mol. The van der Waals surface area contributed by atoms with Crippen molar-refractivity contribution in [2.75, 3.05) is 0 Å². The predicted octanol–water partition coefficient (Wildman–Crippen LogP) is 8.19. The fourth-order valence-corrected chi connectivity index (χ4v) is 12.0. The Balaban J connectivity index is 0.00000387. The molecule has 0 aromatic heterocycles. The molecule has 5 fully saturated rings. The summed E-state index contributed by atoms with van der Waals surface area (Å²) in [7, 11) is 0. The van der Waals surface area contributed by atoms with E-state index in [0.29, 0.717) is 29.6 Å². The van der Waals surface area contributed by atoms with E-state index in [0.717, 1.165) is 32.1 Å². The first kappa shape index (κ1) is 32.8. The average Bonchev–Trinajstić information content (AvgIpc) is 3.19. The van der Waals surface area contributed by atoms with Gasteiger partial charge in [-0.2, -0.15) is 0 Å². The number of carbonyl (C=O) groups excluding carboxylic acids is 1. The van der Waals surface area contributed by atoms with Crippen LogP contribution in [0, 0.1) is 56.7 Å². The molecule has 0 bridgehead atoms. The van der Waals surface area contributed by atoms with Crippen LogP contribution in [-0.4, -0.2) is 28.7 Å². The number of esters is 1. The molecular formula is C35H58ClNO4. The monoisotopic (exact) mass is 591 g/mol. The van der Waals surface area contributed by atoms with E-state index in [9.17, 15) is 14.7 Å². The van der Waals surface area contributed by atoms with Crippen molar-refractivity contribution in [1.29, 1.82) is 0 Å². The summed E-state index contributed by atoms with van der Waals surface area (Å²) >= 11 is 0. The van der Waals surface area contributed by atoms with Crippen LogP contribution in [0.25, 0.3) is 0 Å². The first-order chi connectivity index (χ1) is 18.3. The van der Waals surface area contributed by atoms with Gasteiger partial charge in [0.1, 0.15) is 6.10 Å². The first-order valence-electron chi connectivity index (χ1n) is 16.2. The lowest BCUT2D eigenvalue weighted by Crippen LogP contribution is -2.68. The minimum Gasteiger partial charge on any atom is -0.481 e. The third-order valence-electron chi connectivity index (χ3n) is 14.5. The molecule has 0 aromatic rings. The molecule has 0 unspecified atom stereocenters. The Labute approximate surface area is 255 Å². The number of carboxylic acids is 1. The van der Waals surface area contributed by atoms with Crippen LogP contribution in [0.5, 0.6) is 0 Å². The molecule has 41 heavy (non-hydrogen) atoms. The van der Waals surface area contributed by atoms with Gasteiger partial charge in [-0.25, -0.2) is 0 Å². The first-order valence-corrected chi connectivity index (χ1v) is 16.2. The molecule has 0 aromatic carbocycles. The zero-order valence-electron chi connectivity index (χ0n) is 27.1. The minimum atomic E-state index is -1.12. The lowest BCUT2D eigenvalue weighted by atomic mass is 9.32. The van der Waals surface area contributed by atoms with E-state index in [2.05, 4.69) is 48.1 Å². The maximum Gasteiger partial charge on any atom is 0.309 e. The molecule has 5 rings (SSSR count). The number of rotatable bonds is 5. The Morgan fingerprint density at radius 1 is 0.902 bits per heavy atom.